The Bertz CT molecular complexity index is 441. The van der Waals surface area contributed by atoms with Gasteiger partial charge in [0.25, 0.3) is 0 Å². The van der Waals surface area contributed by atoms with Crippen LogP contribution in [-0.4, -0.2) is 16.2 Å². The molecule has 0 bridgehead atoms. The molecule has 2 amide bonds. The standard InChI is InChI=1S/C10H10N4O2/c15-10(13-9-4-6-16-14-9)12-7-8-3-1-2-5-11-8/h1-6H,7H2,(H2,12,13,14,15). The highest BCUT2D eigenvalue weighted by atomic mass is 16.5. The third-order valence-electron chi connectivity index (χ3n) is 1.84. The largest absolute Gasteiger partial charge is 0.363 e. The van der Waals surface area contributed by atoms with Crippen molar-refractivity contribution in [3.05, 3.63) is 42.4 Å². The first kappa shape index (κ1) is 10.2. The maximum atomic E-state index is 11.4. The van der Waals surface area contributed by atoms with E-state index in [1.807, 2.05) is 18.2 Å². The van der Waals surface area contributed by atoms with Crippen molar-refractivity contribution in [1.82, 2.24) is 15.5 Å². The highest BCUT2D eigenvalue weighted by molar-refractivity contribution is 5.87. The van der Waals surface area contributed by atoms with Crippen LogP contribution in [-0.2, 0) is 6.54 Å². The van der Waals surface area contributed by atoms with Crippen LogP contribution in [0.1, 0.15) is 5.69 Å². The topological polar surface area (TPSA) is 80.0 Å². The van der Waals surface area contributed by atoms with Crippen LogP contribution in [0.5, 0.6) is 0 Å². The third-order valence-corrected chi connectivity index (χ3v) is 1.84. The molecule has 0 atom stereocenters. The van der Waals surface area contributed by atoms with Gasteiger partial charge in [-0.05, 0) is 12.1 Å². The van der Waals surface area contributed by atoms with E-state index in [2.05, 4.69) is 25.3 Å². The second-order valence-electron chi connectivity index (χ2n) is 3.01. The lowest BCUT2D eigenvalue weighted by molar-refractivity contribution is 0.251. The highest BCUT2D eigenvalue weighted by Crippen LogP contribution is 2.00. The fraction of sp³-hybridized carbons (Fsp3) is 0.100. The molecular weight excluding hydrogens is 208 g/mol. The Labute approximate surface area is 91.7 Å². The minimum Gasteiger partial charge on any atom is -0.363 e. The Hall–Kier alpha value is -2.37. The third kappa shape index (κ3) is 2.81. The van der Waals surface area contributed by atoms with E-state index in [0.29, 0.717) is 12.4 Å². The van der Waals surface area contributed by atoms with Crippen molar-refractivity contribution in [3.8, 4) is 0 Å². The first-order valence-corrected chi connectivity index (χ1v) is 4.70. The minimum atomic E-state index is -0.348. The molecule has 2 aromatic heterocycles. The number of hydrogen-bond acceptors (Lipinski definition) is 4. The van der Waals surface area contributed by atoms with Gasteiger partial charge in [-0.3, -0.25) is 10.3 Å². The zero-order valence-corrected chi connectivity index (χ0v) is 8.38. The number of amides is 2. The number of hydrogen-bond donors (Lipinski definition) is 2. The van der Waals surface area contributed by atoms with Crippen LogP contribution in [0.4, 0.5) is 10.6 Å². The Morgan fingerprint density at radius 3 is 3.00 bits per heavy atom. The van der Waals surface area contributed by atoms with Crippen LogP contribution < -0.4 is 10.6 Å². The number of carbonyl (C=O) groups is 1. The van der Waals surface area contributed by atoms with Gasteiger partial charge in [-0.2, -0.15) is 0 Å². The van der Waals surface area contributed by atoms with Gasteiger partial charge in [0.05, 0.1) is 12.2 Å². The van der Waals surface area contributed by atoms with Crippen LogP contribution in [0, 0.1) is 0 Å². The Kier molecular flexibility index (Phi) is 3.12. The van der Waals surface area contributed by atoms with Crippen molar-refractivity contribution in [2.24, 2.45) is 0 Å². The van der Waals surface area contributed by atoms with Gasteiger partial charge in [-0.1, -0.05) is 11.2 Å². The average molecular weight is 218 g/mol. The zero-order chi connectivity index (χ0) is 11.2. The lowest BCUT2D eigenvalue weighted by atomic mass is 10.3. The van der Waals surface area contributed by atoms with Crippen LogP contribution in [0.15, 0.2) is 41.2 Å². The quantitative estimate of drug-likeness (QED) is 0.815. The summed E-state index contributed by atoms with van der Waals surface area (Å²) in [5, 5.41) is 8.70. The number of aromatic nitrogens is 2. The number of urea groups is 1. The summed E-state index contributed by atoms with van der Waals surface area (Å²) in [6.45, 7) is 0.366. The van der Waals surface area contributed by atoms with Crippen molar-refractivity contribution in [1.29, 1.82) is 0 Å². The average Bonchev–Trinajstić information content (AvgIpc) is 2.81. The predicted octanol–water partition coefficient (Wildman–Crippen LogP) is 1.39. The summed E-state index contributed by atoms with van der Waals surface area (Å²) < 4.78 is 4.57. The van der Waals surface area contributed by atoms with Gasteiger partial charge < -0.3 is 9.84 Å². The van der Waals surface area contributed by atoms with Gasteiger partial charge in [0.1, 0.15) is 6.26 Å². The molecule has 0 saturated carbocycles. The van der Waals surface area contributed by atoms with E-state index in [1.165, 1.54) is 6.26 Å². The van der Waals surface area contributed by atoms with Gasteiger partial charge in [0.2, 0.25) is 0 Å². The van der Waals surface area contributed by atoms with E-state index in [4.69, 9.17) is 0 Å². The van der Waals surface area contributed by atoms with E-state index in [-0.39, 0.29) is 6.03 Å². The molecule has 0 aliphatic rings. The first-order chi connectivity index (χ1) is 7.84. The van der Waals surface area contributed by atoms with Crippen molar-refractivity contribution in [2.75, 3.05) is 5.32 Å². The van der Waals surface area contributed by atoms with Crippen LogP contribution in [0.2, 0.25) is 0 Å². The Morgan fingerprint density at radius 1 is 1.38 bits per heavy atom. The smallest absolute Gasteiger partial charge is 0.320 e. The lowest BCUT2D eigenvalue weighted by Gasteiger charge is -2.04. The molecule has 6 nitrogen and oxygen atoms in total. The van der Waals surface area contributed by atoms with Crippen molar-refractivity contribution < 1.29 is 9.32 Å². The molecule has 0 fully saturated rings. The van der Waals surface area contributed by atoms with Gasteiger partial charge in [0, 0.05) is 12.3 Å². The Morgan fingerprint density at radius 2 is 2.31 bits per heavy atom. The van der Waals surface area contributed by atoms with Crippen molar-refractivity contribution in [2.45, 2.75) is 6.54 Å². The Balaban J connectivity index is 1.80. The summed E-state index contributed by atoms with van der Waals surface area (Å²) in [7, 11) is 0. The van der Waals surface area contributed by atoms with E-state index in [9.17, 15) is 4.79 Å². The predicted molar refractivity (Wildman–Crippen MR) is 56.6 cm³/mol. The van der Waals surface area contributed by atoms with Crippen LogP contribution in [0.3, 0.4) is 0 Å². The van der Waals surface area contributed by atoms with Crippen LogP contribution in [0.25, 0.3) is 0 Å². The highest BCUT2D eigenvalue weighted by Gasteiger charge is 2.03. The molecule has 2 aromatic rings. The summed E-state index contributed by atoms with van der Waals surface area (Å²) >= 11 is 0. The number of carbonyl (C=O) groups excluding carboxylic acids is 1. The second-order valence-corrected chi connectivity index (χ2v) is 3.01. The molecule has 0 aromatic carbocycles. The van der Waals surface area contributed by atoms with Crippen molar-refractivity contribution >= 4 is 11.8 Å². The summed E-state index contributed by atoms with van der Waals surface area (Å²) in [5.74, 6) is 0.374. The molecule has 0 saturated heterocycles. The SMILES string of the molecule is O=C(NCc1ccccn1)Nc1ccon1. The molecule has 0 aliphatic heterocycles. The number of nitrogens with one attached hydrogen (secondary N) is 2. The molecule has 0 spiro atoms. The second kappa shape index (κ2) is 4.92. The maximum absolute atomic E-state index is 11.4. The molecular formula is C10H10N4O2. The zero-order valence-electron chi connectivity index (χ0n) is 8.38. The lowest BCUT2D eigenvalue weighted by Crippen LogP contribution is -2.28. The van der Waals surface area contributed by atoms with Crippen molar-refractivity contribution in [3.63, 3.8) is 0 Å². The fourth-order valence-electron chi connectivity index (χ4n) is 1.11. The molecule has 16 heavy (non-hydrogen) atoms. The van der Waals surface area contributed by atoms with E-state index < -0.39 is 0 Å². The van der Waals surface area contributed by atoms with Gasteiger partial charge in [0.15, 0.2) is 5.82 Å². The summed E-state index contributed by atoms with van der Waals surface area (Å²) in [5.41, 5.74) is 0.790. The van der Waals surface area contributed by atoms with Gasteiger partial charge in [-0.25, -0.2) is 4.79 Å². The normalized spacial score (nSPS) is 9.75. The molecule has 2 heterocycles. The fourth-order valence-corrected chi connectivity index (χ4v) is 1.11. The minimum absolute atomic E-state index is 0.348. The van der Waals surface area contributed by atoms with E-state index >= 15 is 0 Å². The van der Waals surface area contributed by atoms with Crippen LogP contribution >= 0.6 is 0 Å². The number of pyridine rings is 1. The molecule has 0 radical (unpaired) electrons. The number of nitrogens with zero attached hydrogens (tertiary/aromatic N) is 2. The number of anilines is 1. The molecule has 6 heteroatoms. The molecule has 2 N–H and O–H groups in total. The van der Waals surface area contributed by atoms with E-state index in [0.717, 1.165) is 5.69 Å². The van der Waals surface area contributed by atoms with Gasteiger partial charge in [-0.15, -0.1) is 0 Å². The van der Waals surface area contributed by atoms with E-state index in [1.54, 1.807) is 12.3 Å². The summed E-state index contributed by atoms with van der Waals surface area (Å²) in [4.78, 5) is 15.4. The molecule has 0 aliphatic carbocycles. The first-order valence-electron chi connectivity index (χ1n) is 4.70. The molecule has 2 rings (SSSR count). The summed E-state index contributed by atoms with van der Waals surface area (Å²) in [6, 6.07) is 6.72. The van der Waals surface area contributed by atoms with Gasteiger partial charge >= 0.3 is 6.03 Å². The monoisotopic (exact) mass is 218 g/mol. The molecule has 0 unspecified atom stereocenters. The summed E-state index contributed by atoms with van der Waals surface area (Å²) in [6.07, 6.45) is 3.06. The maximum Gasteiger partial charge on any atom is 0.320 e. The number of rotatable bonds is 3. The molecule has 82 valence electrons.